The van der Waals surface area contributed by atoms with Crippen LogP contribution in [-0.2, 0) is 32.6 Å². The van der Waals surface area contributed by atoms with Crippen molar-refractivity contribution in [3.8, 4) is 0 Å². The van der Waals surface area contributed by atoms with E-state index in [1.54, 1.807) is 0 Å². The van der Waals surface area contributed by atoms with Crippen molar-refractivity contribution in [1.29, 1.82) is 0 Å². The summed E-state index contributed by atoms with van der Waals surface area (Å²) in [5.41, 5.74) is 0. The molecule has 0 aromatic heterocycles. The zero-order valence-corrected chi connectivity index (χ0v) is 20.0. The van der Waals surface area contributed by atoms with Crippen molar-refractivity contribution in [2.24, 2.45) is 0 Å². The third-order valence-corrected chi connectivity index (χ3v) is 6.97. The van der Waals surface area contributed by atoms with Crippen LogP contribution >= 0.6 is 7.75 Å². The van der Waals surface area contributed by atoms with E-state index >= 15 is 0 Å². The standard InChI is InChI=1S/C21H38NO9P/c1-2-13-22-32(25,28-16-14-26-20(23)30-18-9-5-3-6-10-18)29-17-15-27-21(24)31-19-11-7-4-8-12-19/h18-19H,2-17H2,1H3,(H,22,25). The Morgan fingerprint density at radius 2 is 1.19 bits per heavy atom. The predicted octanol–water partition coefficient (Wildman–Crippen LogP) is 5.10. The van der Waals surface area contributed by atoms with Gasteiger partial charge in [-0.05, 0) is 57.8 Å². The van der Waals surface area contributed by atoms with E-state index < -0.39 is 20.1 Å². The number of carbonyl (C=O) groups is 2. The number of hydrogen-bond acceptors (Lipinski definition) is 9. The van der Waals surface area contributed by atoms with Gasteiger partial charge in [-0.1, -0.05) is 19.8 Å². The topological polar surface area (TPSA) is 119 Å². The summed E-state index contributed by atoms with van der Waals surface area (Å²) in [6.45, 7) is 1.84. The lowest BCUT2D eigenvalue weighted by Gasteiger charge is -2.22. The molecule has 186 valence electrons. The zero-order valence-electron chi connectivity index (χ0n) is 19.1. The van der Waals surface area contributed by atoms with Gasteiger partial charge in [0.05, 0.1) is 13.2 Å². The van der Waals surface area contributed by atoms with Gasteiger partial charge in [-0.3, -0.25) is 9.05 Å². The Kier molecular flexibility index (Phi) is 13.0. The molecule has 2 rings (SSSR count). The van der Waals surface area contributed by atoms with Crippen LogP contribution in [0.4, 0.5) is 9.59 Å². The molecule has 0 aromatic carbocycles. The minimum absolute atomic E-state index is 0.0948. The molecule has 11 heteroatoms. The van der Waals surface area contributed by atoms with E-state index in [4.69, 9.17) is 28.0 Å². The molecule has 0 spiro atoms. The Bertz CT molecular complexity index is 548. The molecule has 0 heterocycles. The second kappa shape index (κ2) is 15.5. The maximum Gasteiger partial charge on any atom is 0.508 e. The highest BCUT2D eigenvalue weighted by atomic mass is 31.2. The monoisotopic (exact) mass is 479 g/mol. The summed E-state index contributed by atoms with van der Waals surface area (Å²) in [5, 5.41) is 2.72. The zero-order chi connectivity index (χ0) is 23.1. The van der Waals surface area contributed by atoms with Gasteiger partial charge in [-0.25, -0.2) is 19.2 Å². The molecular weight excluding hydrogens is 441 g/mol. The van der Waals surface area contributed by atoms with Crippen molar-refractivity contribution in [2.75, 3.05) is 33.0 Å². The SMILES string of the molecule is CCCNP(=O)(OCCOC(=O)OC1CCCCC1)OCCOC(=O)OC1CCCCC1. The number of hydrogen-bond donors (Lipinski definition) is 1. The smallest absolute Gasteiger partial charge is 0.432 e. The molecule has 0 amide bonds. The average Bonchev–Trinajstić information content (AvgIpc) is 2.80. The second-order valence-corrected chi connectivity index (χ2v) is 9.85. The van der Waals surface area contributed by atoms with Crippen molar-refractivity contribution < 1.29 is 42.1 Å². The molecule has 2 fully saturated rings. The summed E-state index contributed by atoms with van der Waals surface area (Å²) in [4.78, 5) is 23.5. The summed E-state index contributed by atoms with van der Waals surface area (Å²) in [6.07, 6.45) is 8.96. The van der Waals surface area contributed by atoms with E-state index in [2.05, 4.69) is 5.09 Å². The van der Waals surface area contributed by atoms with Crippen LogP contribution in [0.2, 0.25) is 0 Å². The molecule has 32 heavy (non-hydrogen) atoms. The minimum Gasteiger partial charge on any atom is -0.432 e. The van der Waals surface area contributed by atoms with Gasteiger partial charge in [0.1, 0.15) is 25.4 Å². The van der Waals surface area contributed by atoms with Crippen molar-refractivity contribution >= 4 is 20.1 Å². The molecule has 0 radical (unpaired) electrons. The molecule has 2 saturated carbocycles. The molecular formula is C21H38NO9P. The molecule has 0 aromatic rings. The van der Waals surface area contributed by atoms with Gasteiger partial charge in [0.2, 0.25) is 0 Å². The van der Waals surface area contributed by atoms with Gasteiger partial charge in [0.15, 0.2) is 0 Å². The molecule has 0 saturated heterocycles. The molecule has 0 unspecified atom stereocenters. The lowest BCUT2D eigenvalue weighted by atomic mass is 9.98. The highest BCUT2D eigenvalue weighted by Gasteiger charge is 2.25. The Balaban J connectivity index is 1.61. The Hall–Kier alpha value is -1.35. The van der Waals surface area contributed by atoms with Gasteiger partial charge in [-0.15, -0.1) is 0 Å². The first-order valence-electron chi connectivity index (χ1n) is 11.8. The fraction of sp³-hybridized carbons (Fsp3) is 0.905. The van der Waals surface area contributed by atoms with Crippen molar-refractivity contribution in [2.45, 2.75) is 89.8 Å². The first-order valence-corrected chi connectivity index (χ1v) is 13.4. The minimum atomic E-state index is -3.64. The van der Waals surface area contributed by atoms with Crippen molar-refractivity contribution in [1.82, 2.24) is 5.09 Å². The van der Waals surface area contributed by atoms with Crippen LogP contribution in [0.25, 0.3) is 0 Å². The summed E-state index contributed by atoms with van der Waals surface area (Å²) in [7, 11) is -3.64. The van der Waals surface area contributed by atoms with E-state index in [9.17, 15) is 14.2 Å². The summed E-state index contributed by atoms with van der Waals surface area (Å²) < 4.78 is 43.9. The van der Waals surface area contributed by atoms with Crippen molar-refractivity contribution in [3.63, 3.8) is 0 Å². The van der Waals surface area contributed by atoms with Crippen LogP contribution in [0, 0.1) is 0 Å². The predicted molar refractivity (Wildman–Crippen MR) is 116 cm³/mol. The first kappa shape index (κ1) is 26.9. The second-order valence-electron chi connectivity index (χ2n) is 8.02. The highest BCUT2D eigenvalue weighted by molar-refractivity contribution is 7.51. The number of nitrogens with one attached hydrogen (secondary N) is 1. The number of rotatable bonds is 13. The van der Waals surface area contributed by atoms with Crippen molar-refractivity contribution in [3.05, 3.63) is 0 Å². The molecule has 0 atom stereocenters. The van der Waals surface area contributed by atoms with E-state index in [0.29, 0.717) is 13.0 Å². The maximum absolute atomic E-state index is 12.8. The van der Waals surface area contributed by atoms with Crippen LogP contribution in [0.15, 0.2) is 0 Å². The molecule has 0 aliphatic heterocycles. The summed E-state index contributed by atoms with van der Waals surface area (Å²) in [5.74, 6) is 0. The van der Waals surface area contributed by atoms with Crippen LogP contribution in [0.1, 0.15) is 77.6 Å². The quantitative estimate of drug-likeness (QED) is 0.217. The largest absolute Gasteiger partial charge is 0.508 e. The Morgan fingerprint density at radius 1 is 0.750 bits per heavy atom. The van der Waals surface area contributed by atoms with E-state index in [0.717, 1.165) is 64.2 Å². The lowest BCUT2D eigenvalue weighted by molar-refractivity contribution is 0.00189. The number of ether oxygens (including phenoxy) is 4. The van der Waals surface area contributed by atoms with E-state index in [-0.39, 0.29) is 38.6 Å². The average molecular weight is 480 g/mol. The van der Waals surface area contributed by atoms with Crippen LogP contribution in [0.5, 0.6) is 0 Å². The summed E-state index contributed by atoms with van der Waals surface area (Å²) >= 11 is 0. The van der Waals surface area contributed by atoms with E-state index in [1.807, 2.05) is 6.92 Å². The molecule has 0 bridgehead atoms. The van der Waals surface area contributed by atoms with Crippen LogP contribution < -0.4 is 5.09 Å². The van der Waals surface area contributed by atoms with Gasteiger partial charge >= 0.3 is 20.1 Å². The molecule has 2 aliphatic rings. The van der Waals surface area contributed by atoms with Gasteiger partial charge in [-0.2, -0.15) is 0 Å². The molecule has 1 N–H and O–H groups in total. The number of carbonyl (C=O) groups excluding carboxylic acids is 2. The Morgan fingerprint density at radius 3 is 1.59 bits per heavy atom. The molecule has 2 aliphatic carbocycles. The fourth-order valence-electron chi connectivity index (χ4n) is 3.65. The first-order chi connectivity index (χ1) is 15.5. The Labute approximate surface area is 190 Å². The lowest BCUT2D eigenvalue weighted by Crippen LogP contribution is -2.24. The van der Waals surface area contributed by atoms with Gasteiger partial charge in [0.25, 0.3) is 0 Å². The third-order valence-electron chi connectivity index (χ3n) is 5.31. The molecule has 10 nitrogen and oxygen atoms in total. The normalized spacial score (nSPS) is 18.2. The van der Waals surface area contributed by atoms with Crippen LogP contribution in [0.3, 0.4) is 0 Å². The van der Waals surface area contributed by atoms with Crippen LogP contribution in [-0.4, -0.2) is 57.5 Å². The highest BCUT2D eigenvalue weighted by Crippen LogP contribution is 2.43. The summed E-state index contributed by atoms with van der Waals surface area (Å²) in [6, 6.07) is 0. The third kappa shape index (κ3) is 11.5. The van der Waals surface area contributed by atoms with Gasteiger partial charge < -0.3 is 18.9 Å². The maximum atomic E-state index is 12.8. The van der Waals surface area contributed by atoms with Gasteiger partial charge in [0, 0.05) is 6.54 Å². The van der Waals surface area contributed by atoms with E-state index in [1.165, 1.54) is 0 Å². The fourth-order valence-corrected chi connectivity index (χ4v) is 5.03.